The van der Waals surface area contributed by atoms with Crippen molar-refractivity contribution >= 4 is 21.5 Å². The van der Waals surface area contributed by atoms with Gasteiger partial charge in [-0.15, -0.1) is 0 Å². The second-order valence-corrected chi connectivity index (χ2v) is 6.05. The highest BCUT2D eigenvalue weighted by molar-refractivity contribution is 6.01. The largest absolute Gasteiger partial charge is 0.507 e. The third-order valence-electron chi connectivity index (χ3n) is 4.46. The van der Waals surface area contributed by atoms with Crippen molar-refractivity contribution in [3.8, 4) is 45.6 Å². The zero-order valence-electron chi connectivity index (χ0n) is 13.3. The van der Waals surface area contributed by atoms with Crippen LogP contribution in [0.5, 0.6) is 34.5 Å². The minimum Gasteiger partial charge on any atom is -0.507 e. The van der Waals surface area contributed by atoms with Crippen molar-refractivity contribution in [2.75, 3.05) is 0 Å². The van der Waals surface area contributed by atoms with Crippen LogP contribution < -0.4 is 0 Å². The number of phenolic OH excluding ortho intramolecular Hbond substituents is 6. The van der Waals surface area contributed by atoms with E-state index in [-0.39, 0.29) is 34.5 Å². The van der Waals surface area contributed by atoms with Gasteiger partial charge in [-0.1, -0.05) is 12.1 Å². The molecule has 0 radical (unpaired) electrons. The molecule has 6 N–H and O–H groups in total. The zero-order chi connectivity index (χ0) is 18.6. The van der Waals surface area contributed by atoms with Crippen LogP contribution in [-0.4, -0.2) is 30.6 Å². The first kappa shape index (κ1) is 15.7. The zero-order valence-corrected chi connectivity index (χ0v) is 13.3. The maximum Gasteiger partial charge on any atom is 0.158 e. The Morgan fingerprint density at radius 2 is 0.769 bits per heavy atom. The standard InChI is InChI=1S/C20H14O6/c21-15-5-9-1-3-11(19(25)13(9)7-17(15)23)12-4-2-10-6-16(22)18(24)8-14(10)20(12)26/h1-8,21-26H. The molecule has 6 nitrogen and oxygen atoms in total. The molecule has 0 aliphatic rings. The summed E-state index contributed by atoms with van der Waals surface area (Å²) in [6.45, 7) is 0. The highest BCUT2D eigenvalue weighted by Gasteiger charge is 2.16. The highest BCUT2D eigenvalue weighted by atomic mass is 16.3. The van der Waals surface area contributed by atoms with E-state index >= 15 is 0 Å². The highest BCUT2D eigenvalue weighted by Crippen LogP contribution is 2.45. The Balaban J connectivity index is 2.01. The van der Waals surface area contributed by atoms with Gasteiger partial charge in [0.25, 0.3) is 0 Å². The van der Waals surface area contributed by atoms with Crippen LogP contribution in [0.25, 0.3) is 32.7 Å². The van der Waals surface area contributed by atoms with E-state index in [4.69, 9.17) is 0 Å². The Bertz CT molecular complexity index is 1100. The molecule has 0 aromatic heterocycles. The monoisotopic (exact) mass is 350 g/mol. The van der Waals surface area contributed by atoms with Crippen molar-refractivity contribution in [1.29, 1.82) is 0 Å². The third kappa shape index (κ3) is 2.20. The van der Waals surface area contributed by atoms with Gasteiger partial charge < -0.3 is 30.6 Å². The van der Waals surface area contributed by atoms with Gasteiger partial charge in [-0.05, 0) is 47.2 Å². The van der Waals surface area contributed by atoms with Crippen LogP contribution in [-0.2, 0) is 0 Å². The fourth-order valence-electron chi connectivity index (χ4n) is 3.10. The molecule has 4 aromatic rings. The third-order valence-corrected chi connectivity index (χ3v) is 4.46. The van der Waals surface area contributed by atoms with Crippen LogP contribution in [0, 0.1) is 0 Å². The van der Waals surface area contributed by atoms with Gasteiger partial charge in [0.1, 0.15) is 11.5 Å². The first-order chi connectivity index (χ1) is 12.4. The van der Waals surface area contributed by atoms with Crippen molar-refractivity contribution < 1.29 is 30.6 Å². The quantitative estimate of drug-likeness (QED) is 0.290. The van der Waals surface area contributed by atoms with Crippen LogP contribution in [0.2, 0.25) is 0 Å². The Hall–Kier alpha value is -3.80. The topological polar surface area (TPSA) is 121 Å². The number of benzene rings is 4. The van der Waals surface area contributed by atoms with Crippen LogP contribution in [0.4, 0.5) is 0 Å². The van der Waals surface area contributed by atoms with E-state index < -0.39 is 0 Å². The molecule has 0 heterocycles. The van der Waals surface area contributed by atoms with E-state index in [2.05, 4.69) is 0 Å². The predicted molar refractivity (Wildman–Crippen MR) is 96.9 cm³/mol. The van der Waals surface area contributed by atoms with Crippen molar-refractivity contribution in [1.82, 2.24) is 0 Å². The molecule has 4 rings (SSSR count). The second-order valence-electron chi connectivity index (χ2n) is 6.05. The molecule has 6 heteroatoms. The van der Waals surface area contributed by atoms with Gasteiger partial charge in [-0.25, -0.2) is 0 Å². The van der Waals surface area contributed by atoms with Gasteiger partial charge in [0.15, 0.2) is 23.0 Å². The number of hydrogen-bond acceptors (Lipinski definition) is 6. The first-order valence-corrected chi connectivity index (χ1v) is 7.72. The van der Waals surface area contributed by atoms with E-state index in [1.807, 2.05) is 0 Å². The summed E-state index contributed by atoms with van der Waals surface area (Å²) in [7, 11) is 0. The lowest BCUT2D eigenvalue weighted by Gasteiger charge is -2.13. The van der Waals surface area contributed by atoms with Crippen molar-refractivity contribution in [2.45, 2.75) is 0 Å². The minimum absolute atomic E-state index is 0.171. The molecule has 130 valence electrons. The number of fused-ring (bicyclic) bond motifs is 2. The summed E-state index contributed by atoms with van der Waals surface area (Å²) in [6.07, 6.45) is 0. The first-order valence-electron chi connectivity index (χ1n) is 7.72. The average molecular weight is 350 g/mol. The lowest BCUT2D eigenvalue weighted by atomic mass is 9.96. The van der Waals surface area contributed by atoms with Gasteiger partial charge in [-0.2, -0.15) is 0 Å². The van der Waals surface area contributed by atoms with E-state index in [0.717, 1.165) is 0 Å². The van der Waals surface area contributed by atoms with Gasteiger partial charge in [-0.3, -0.25) is 0 Å². The lowest BCUT2D eigenvalue weighted by Crippen LogP contribution is -1.85. The van der Waals surface area contributed by atoms with Gasteiger partial charge in [0, 0.05) is 21.9 Å². The summed E-state index contributed by atoms with van der Waals surface area (Å²) >= 11 is 0. The van der Waals surface area contributed by atoms with E-state index in [1.165, 1.54) is 24.3 Å². The second kappa shape index (κ2) is 5.35. The molecule has 26 heavy (non-hydrogen) atoms. The van der Waals surface area contributed by atoms with Gasteiger partial charge >= 0.3 is 0 Å². The van der Waals surface area contributed by atoms with Gasteiger partial charge in [0.2, 0.25) is 0 Å². The van der Waals surface area contributed by atoms with Crippen molar-refractivity contribution in [2.24, 2.45) is 0 Å². The molecular formula is C20H14O6. The lowest BCUT2D eigenvalue weighted by molar-refractivity contribution is 0.404. The van der Waals surface area contributed by atoms with Crippen molar-refractivity contribution in [3.05, 3.63) is 48.5 Å². The maximum absolute atomic E-state index is 10.6. The Kier molecular flexibility index (Phi) is 3.23. The Labute approximate surface area is 147 Å². The molecule has 0 saturated carbocycles. The smallest absolute Gasteiger partial charge is 0.158 e. The summed E-state index contributed by atoms with van der Waals surface area (Å²) in [5.41, 5.74) is 0.629. The molecular weight excluding hydrogens is 336 g/mol. The number of rotatable bonds is 1. The number of hydrogen-bond donors (Lipinski definition) is 6. The fraction of sp³-hybridized carbons (Fsp3) is 0. The summed E-state index contributed by atoms with van der Waals surface area (Å²) in [5.74, 6) is -1.67. The molecule has 0 bridgehead atoms. The van der Waals surface area contributed by atoms with Crippen molar-refractivity contribution in [3.63, 3.8) is 0 Å². The minimum atomic E-state index is -0.368. The normalized spacial score (nSPS) is 11.2. The molecule has 4 aromatic carbocycles. The molecule has 0 spiro atoms. The van der Waals surface area contributed by atoms with Crippen LogP contribution in [0.3, 0.4) is 0 Å². The molecule has 0 aliphatic heterocycles. The summed E-state index contributed by atoms with van der Waals surface area (Å²) in [5, 5.41) is 61.5. The summed E-state index contributed by atoms with van der Waals surface area (Å²) < 4.78 is 0. The van der Waals surface area contributed by atoms with E-state index in [9.17, 15) is 30.6 Å². The molecule has 0 atom stereocenters. The average Bonchev–Trinajstić information content (AvgIpc) is 2.60. The van der Waals surface area contributed by atoms with Crippen LogP contribution in [0.15, 0.2) is 48.5 Å². The molecule has 0 unspecified atom stereocenters. The molecule has 0 aliphatic carbocycles. The van der Waals surface area contributed by atoms with Gasteiger partial charge in [0.05, 0.1) is 0 Å². The molecule has 0 amide bonds. The fourth-order valence-corrected chi connectivity index (χ4v) is 3.10. The van der Waals surface area contributed by atoms with E-state index in [0.29, 0.717) is 32.7 Å². The molecule has 0 fully saturated rings. The number of aromatic hydroxyl groups is 6. The predicted octanol–water partition coefficient (Wildman–Crippen LogP) is 3.89. The van der Waals surface area contributed by atoms with Crippen LogP contribution >= 0.6 is 0 Å². The number of phenols is 6. The van der Waals surface area contributed by atoms with Crippen LogP contribution in [0.1, 0.15) is 0 Å². The Morgan fingerprint density at radius 1 is 0.423 bits per heavy atom. The maximum atomic E-state index is 10.6. The Morgan fingerprint density at radius 3 is 1.15 bits per heavy atom. The SMILES string of the molecule is Oc1cc2ccc(-c3ccc4cc(O)c(O)cc4c3O)c(O)c2cc1O. The summed E-state index contributed by atoms with van der Waals surface area (Å²) in [6, 6.07) is 11.6. The summed E-state index contributed by atoms with van der Waals surface area (Å²) in [4.78, 5) is 0. The molecule has 0 saturated heterocycles. The van der Waals surface area contributed by atoms with E-state index in [1.54, 1.807) is 24.3 Å².